The fraction of sp³-hybridized carbons (Fsp3) is 0.104. The molecule has 0 saturated heterocycles. The molecule has 9 rings (SSSR count). The standard InChI is InChI=1S/C48H37NS2/c1-30(2)45(41-29-43-44(39-21-11-10-20-38(39)41)40-23-14-22-37(48(40)51-43)34-17-8-5-9-18-34)49-46(47-31(3)36-19-12-13-24-42(36)50-47)35-27-25-33(26-28-35)32-15-6-4-7-16-32/h4-29,43-45H,1H2,2-3H3/b49-46-. The van der Waals surface area contributed by atoms with Crippen LogP contribution < -0.4 is 0 Å². The molecule has 2 aliphatic rings. The number of hydrogen-bond donors (Lipinski definition) is 0. The van der Waals surface area contributed by atoms with Gasteiger partial charge in [0, 0.05) is 26.3 Å². The van der Waals surface area contributed by atoms with E-state index in [-0.39, 0.29) is 11.3 Å². The van der Waals surface area contributed by atoms with Crippen molar-refractivity contribution >= 4 is 44.5 Å². The molecule has 7 aromatic rings. The van der Waals surface area contributed by atoms with Gasteiger partial charge in [0.25, 0.3) is 0 Å². The molecule has 0 fully saturated rings. The Balaban J connectivity index is 1.20. The van der Waals surface area contributed by atoms with E-state index >= 15 is 0 Å². The van der Waals surface area contributed by atoms with Crippen molar-refractivity contribution < 1.29 is 0 Å². The fourth-order valence-electron chi connectivity index (χ4n) is 7.86. The van der Waals surface area contributed by atoms with Crippen molar-refractivity contribution in [1.29, 1.82) is 0 Å². The number of hydrogen-bond acceptors (Lipinski definition) is 3. The molecule has 246 valence electrons. The summed E-state index contributed by atoms with van der Waals surface area (Å²) in [6.45, 7) is 8.98. The number of aliphatic imine (C=N–C) groups is 1. The number of nitrogens with zero attached hydrogens (tertiary/aromatic N) is 1. The molecule has 1 aliphatic heterocycles. The first-order chi connectivity index (χ1) is 25.0. The van der Waals surface area contributed by atoms with Crippen LogP contribution in [0.15, 0.2) is 180 Å². The van der Waals surface area contributed by atoms with E-state index in [1.807, 2.05) is 23.1 Å². The van der Waals surface area contributed by atoms with Crippen LogP contribution in [0.25, 0.3) is 37.9 Å². The second-order valence-corrected chi connectivity index (χ2v) is 15.8. The highest BCUT2D eigenvalue weighted by molar-refractivity contribution is 8.00. The maximum atomic E-state index is 5.78. The molecule has 0 spiro atoms. The van der Waals surface area contributed by atoms with Crippen LogP contribution in [-0.2, 0) is 0 Å². The molecule has 1 aliphatic carbocycles. The SMILES string of the molecule is C=C(C)C(/N=C(/c1ccc(-c2ccccc2)cc1)c1sc2ccccc2c1C)C1=CC2Sc3c(-c4ccccc4)cccc3C2c2ccccc21. The zero-order valence-corrected chi connectivity index (χ0v) is 30.3. The van der Waals surface area contributed by atoms with Gasteiger partial charge in [-0.1, -0.05) is 164 Å². The average molecular weight is 692 g/mol. The summed E-state index contributed by atoms with van der Waals surface area (Å²) in [4.78, 5) is 8.38. The predicted octanol–water partition coefficient (Wildman–Crippen LogP) is 13.0. The van der Waals surface area contributed by atoms with Gasteiger partial charge in [-0.3, -0.25) is 4.99 Å². The third-order valence-electron chi connectivity index (χ3n) is 10.3. The van der Waals surface area contributed by atoms with Crippen LogP contribution in [-0.4, -0.2) is 17.0 Å². The zero-order chi connectivity index (χ0) is 34.5. The van der Waals surface area contributed by atoms with Gasteiger partial charge < -0.3 is 0 Å². The third kappa shape index (κ3) is 5.62. The number of thiophene rings is 1. The molecule has 2 heterocycles. The molecule has 0 N–H and O–H groups in total. The zero-order valence-electron chi connectivity index (χ0n) is 28.7. The van der Waals surface area contributed by atoms with Crippen LogP contribution in [0.3, 0.4) is 0 Å². The Labute approximate surface area is 308 Å². The maximum Gasteiger partial charge on any atom is 0.0965 e. The molecule has 51 heavy (non-hydrogen) atoms. The maximum absolute atomic E-state index is 5.78. The van der Waals surface area contributed by atoms with E-state index in [9.17, 15) is 0 Å². The Bertz CT molecular complexity index is 2490. The highest BCUT2D eigenvalue weighted by Crippen LogP contribution is 2.56. The molecule has 6 aromatic carbocycles. The summed E-state index contributed by atoms with van der Waals surface area (Å²) in [6.07, 6.45) is 2.52. The Morgan fingerprint density at radius 1 is 0.647 bits per heavy atom. The number of benzene rings is 6. The van der Waals surface area contributed by atoms with Crippen molar-refractivity contribution in [1.82, 2.24) is 0 Å². The Kier molecular flexibility index (Phi) is 8.19. The smallest absolute Gasteiger partial charge is 0.0965 e. The van der Waals surface area contributed by atoms with E-state index in [4.69, 9.17) is 4.99 Å². The van der Waals surface area contributed by atoms with E-state index in [1.54, 1.807) is 0 Å². The minimum absolute atomic E-state index is 0.210. The van der Waals surface area contributed by atoms with Gasteiger partial charge in [0.05, 0.1) is 16.6 Å². The summed E-state index contributed by atoms with van der Waals surface area (Å²) in [5.74, 6) is 0.290. The molecule has 1 nitrogen and oxygen atoms in total. The summed E-state index contributed by atoms with van der Waals surface area (Å²) in [6, 6.07) is 54.7. The molecule has 3 atom stereocenters. The van der Waals surface area contributed by atoms with E-state index in [0.29, 0.717) is 5.92 Å². The van der Waals surface area contributed by atoms with Crippen molar-refractivity contribution in [2.75, 3.05) is 0 Å². The van der Waals surface area contributed by atoms with Gasteiger partial charge in [-0.15, -0.1) is 23.1 Å². The minimum atomic E-state index is -0.210. The summed E-state index contributed by atoms with van der Waals surface area (Å²) < 4.78 is 1.28. The van der Waals surface area contributed by atoms with Crippen LogP contribution in [0.1, 0.15) is 45.5 Å². The number of rotatable bonds is 7. The van der Waals surface area contributed by atoms with Crippen molar-refractivity contribution in [3.05, 3.63) is 203 Å². The van der Waals surface area contributed by atoms with Gasteiger partial charge in [-0.25, -0.2) is 0 Å². The average Bonchev–Trinajstić information content (AvgIpc) is 3.73. The highest BCUT2D eigenvalue weighted by Gasteiger charge is 2.40. The topological polar surface area (TPSA) is 12.4 Å². The number of thioether (sulfide) groups is 1. The largest absolute Gasteiger partial charge is 0.271 e. The van der Waals surface area contributed by atoms with Gasteiger partial charge in [-0.05, 0) is 75.4 Å². The van der Waals surface area contributed by atoms with Crippen LogP contribution in [0.2, 0.25) is 0 Å². The highest BCUT2D eigenvalue weighted by atomic mass is 32.2. The van der Waals surface area contributed by atoms with Gasteiger partial charge >= 0.3 is 0 Å². The predicted molar refractivity (Wildman–Crippen MR) is 220 cm³/mol. The quantitative estimate of drug-likeness (QED) is 0.120. The lowest BCUT2D eigenvalue weighted by Crippen LogP contribution is -2.22. The van der Waals surface area contributed by atoms with Gasteiger partial charge in [0.2, 0.25) is 0 Å². The van der Waals surface area contributed by atoms with Crippen molar-refractivity contribution in [3.63, 3.8) is 0 Å². The van der Waals surface area contributed by atoms with Gasteiger partial charge in [-0.2, -0.15) is 0 Å². The van der Waals surface area contributed by atoms with Crippen LogP contribution in [0.5, 0.6) is 0 Å². The second kappa shape index (κ2) is 13.2. The monoisotopic (exact) mass is 691 g/mol. The molecule has 0 bridgehead atoms. The molecule has 1 aromatic heterocycles. The van der Waals surface area contributed by atoms with Crippen molar-refractivity contribution in [2.45, 2.75) is 36.0 Å². The molecular formula is C48H37NS2. The van der Waals surface area contributed by atoms with E-state index < -0.39 is 0 Å². The van der Waals surface area contributed by atoms with Gasteiger partial charge in [0.1, 0.15) is 0 Å². The first kappa shape index (κ1) is 31.7. The Morgan fingerprint density at radius 3 is 2.02 bits per heavy atom. The Morgan fingerprint density at radius 2 is 1.27 bits per heavy atom. The van der Waals surface area contributed by atoms with Crippen LogP contribution >= 0.6 is 23.1 Å². The number of aryl methyl sites for hydroxylation is 1. The second-order valence-electron chi connectivity index (χ2n) is 13.6. The molecular weight excluding hydrogens is 655 g/mol. The minimum Gasteiger partial charge on any atom is -0.271 e. The first-order valence-electron chi connectivity index (χ1n) is 17.6. The van der Waals surface area contributed by atoms with E-state index in [2.05, 4.69) is 178 Å². The lowest BCUT2D eigenvalue weighted by Gasteiger charge is -2.31. The van der Waals surface area contributed by atoms with Crippen LogP contribution in [0, 0.1) is 6.92 Å². The normalized spacial score (nSPS) is 17.0. The Hall–Kier alpha value is -5.22. The first-order valence-corrected chi connectivity index (χ1v) is 19.3. The lowest BCUT2D eigenvalue weighted by atomic mass is 9.76. The summed E-state index contributed by atoms with van der Waals surface area (Å²) in [5, 5.41) is 1.56. The lowest BCUT2D eigenvalue weighted by molar-refractivity contribution is 0.824. The fourth-order valence-corrected chi connectivity index (χ4v) is 10.6. The summed E-state index contributed by atoms with van der Waals surface area (Å²) in [5.41, 5.74) is 14.8. The molecule has 0 amide bonds. The molecule has 3 unspecified atom stereocenters. The van der Waals surface area contributed by atoms with E-state index in [1.165, 1.54) is 69.9 Å². The van der Waals surface area contributed by atoms with Crippen molar-refractivity contribution in [2.24, 2.45) is 4.99 Å². The third-order valence-corrected chi connectivity index (χ3v) is 13.0. The molecule has 0 radical (unpaired) electrons. The summed E-state index contributed by atoms with van der Waals surface area (Å²) in [7, 11) is 0. The molecule has 3 heteroatoms. The number of fused-ring (bicyclic) bond motifs is 6. The van der Waals surface area contributed by atoms with E-state index in [0.717, 1.165) is 16.8 Å². The van der Waals surface area contributed by atoms with Crippen LogP contribution in [0.4, 0.5) is 0 Å². The summed E-state index contributed by atoms with van der Waals surface area (Å²) >= 11 is 3.84. The van der Waals surface area contributed by atoms with Gasteiger partial charge in [0.15, 0.2) is 0 Å². The molecule has 0 saturated carbocycles. The van der Waals surface area contributed by atoms with Crippen molar-refractivity contribution in [3.8, 4) is 22.3 Å².